The van der Waals surface area contributed by atoms with E-state index >= 15 is 0 Å². The summed E-state index contributed by atoms with van der Waals surface area (Å²) in [5.74, 6) is 0.846. The summed E-state index contributed by atoms with van der Waals surface area (Å²) in [4.78, 5) is 14.5. The normalized spacial score (nSPS) is 25.5. The summed E-state index contributed by atoms with van der Waals surface area (Å²) in [6.45, 7) is 3.16. The number of halogens is 3. The SMILES string of the molecule is CN1C[C@@H]2CN(c3ccc(C(F)(F)F)cc3[N+](=O)[O-])C[C@@H]2C1. The number of nitro benzene ring substituents is 1. The lowest BCUT2D eigenvalue weighted by molar-refractivity contribution is -0.384. The van der Waals surface area contributed by atoms with Crippen LogP contribution in [0.4, 0.5) is 24.5 Å². The van der Waals surface area contributed by atoms with E-state index < -0.39 is 22.4 Å². The number of benzene rings is 1. The molecule has 1 aromatic carbocycles. The molecular formula is C14H16F3N3O2. The van der Waals surface area contributed by atoms with Crippen molar-refractivity contribution in [1.29, 1.82) is 0 Å². The highest BCUT2D eigenvalue weighted by Crippen LogP contribution is 2.40. The summed E-state index contributed by atoms with van der Waals surface area (Å²) in [5.41, 5.74) is -1.17. The van der Waals surface area contributed by atoms with Gasteiger partial charge in [-0.25, -0.2) is 0 Å². The summed E-state index contributed by atoms with van der Waals surface area (Å²) in [6, 6.07) is 2.78. The van der Waals surface area contributed by atoms with E-state index in [4.69, 9.17) is 0 Å². The third kappa shape index (κ3) is 2.63. The van der Waals surface area contributed by atoms with Crippen LogP contribution in [0.2, 0.25) is 0 Å². The molecule has 1 aromatic rings. The molecule has 0 bridgehead atoms. The van der Waals surface area contributed by atoms with Crippen molar-refractivity contribution in [1.82, 2.24) is 4.90 Å². The van der Waals surface area contributed by atoms with Gasteiger partial charge in [0, 0.05) is 32.2 Å². The summed E-state index contributed by atoms with van der Waals surface area (Å²) in [7, 11) is 2.03. The van der Waals surface area contributed by atoms with Gasteiger partial charge >= 0.3 is 6.18 Å². The molecule has 3 rings (SSSR count). The first-order valence-corrected chi connectivity index (χ1v) is 7.05. The summed E-state index contributed by atoms with van der Waals surface area (Å²) < 4.78 is 38.2. The Kier molecular flexibility index (Phi) is 3.51. The van der Waals surface area contributed by atoms with Gasteiger partial charge in [0.1, 0.15) is 5.69 Å². The monoisotopic (exact) mass is 315 g/mol. The van der Waals surface area contributed by atoms with Crippen molar-refractivity contribution in [3.63, 3.8) is 0 Å². The van der Waals surface area contributed by atoms with E-state index in [0.717, 1.165) is 19.2 Å². The molecule has 22 heavy (non-hydrogen) atoms. The van der Waals surface area contributed by atoms with Crippen LogP contribution < -0.4 is 4.90 Å². The minimum atomic E-state index is -4.58. The minimum Gasteiger partial charge on any atom is -0.365 e. The first-order valence-electron chi connectivity index (χ1n) is 7.05. The number of alkyl halides is 3. The number of nitrogens with zero attached hydrogens (tertiary/aromatic N) is 3. The Morgan fingerprint density at radius 3 is 2.27 bits per heavy atom. The van der Waals surface area contributed by atoms with E-state index in [9.17, 15) is 23.3 Å². The van der Waals surface area contributed by atoms with E-state index in [1.165, 1.54) is 6.07 Å². The third-order valence-electron chi connectivity index (χ3n) is 4.51. The molecule has 8 heteroatoms. The largest absolute Gasteiger partial charge is 0.416 e. The molecule has 5 nitrogen and oxygen atoms in total. The maximum atomic E-state index is 12.7. The molecule has 0 amide bonds. The van der Waals surface area contributed by atoms with Crippen LogP contribution in [0.1, 0.15) is 5.56 Å². The molecule has 0 radical (unpaired) electrons. The first kappa shape index (κ1) is 15.1. The second-order valence-corrected chi connectivity index (χ2v) is 6.10. The van der Waals surface area contributed by atoms with Gasteiger partial charge in [-0.3, -0.25) is 10.1 Å². The van der Waals surface area contributed by atoms with Gasteiger partial charge in [0.25, 0.3) is 5.69 Å². The van der Waals surface area contributed by atoms with E-state index in [1.807, 2.05) is 11.9 Å². The minimum absolute atomic E-state index is 0.287. The third-order valence-corrected chi connectivity index (χ3v) is 4.51. The van der Waals surface area contributed by atoms with Crippen LogP contribution in [-0.2, 0) is 6.18 Å². The average molecular weight is 315 g/mol. The summed E-state index contributed by atoms with van der Waals surface area (Å²) in [6.07, 6.45) is -4.58. The molecule has 0 unspecified atom stereocenters. The molecule has 2 atom stereocenters. The standard InChI is InChI=1S/C14H16F3N3O2/c1-18-5-9-7-19(8-10(9)6-18)12-3-2-11(14(15,16)17)4-13(12)20(21)22/h2-4,9-10H,5-8H2,1H3/t9-,10+. The number of fused-ring (bicyclic) bond motifs is 1. The summed E-state index contributed by atoms with van der Waals surface area (Å²) >= 11 is 0. The second kappa shape index (κ2) is 5.12. The molecule has 2 saturated heterocycles. The zero-order chi connectivity index (χ0) is 16.1. The van der Waals surface area contributed by atoms with Crippen molar-refractivity contribution in [3.8, 4) is 0 Å². The van der Waals surface area contributed by atoms with Gasteiger partial charge in [0.05, 0.1) is 10.5 Å². The van der Waals surface area contributed by atoms with Gasteiger partial charge in [0.2, 0.25) is 0 Å². The molecule has 0 aliphatic carbocycles. The summed E-state index contributed by atoms with van der Waals surface area (Å²) in [5, 5.41) is 11.2. The molecule has 0 spiro atoms. The fourth-order valence-corrected chi connectivity index (χ4v) is 3.54. The van der Waals surface area contributed by atoms with Crippen LogP contribution in [0.25, 0.3) is 0 Å². The Morgan fingerprint density at radius 2 is 1.77 bits per heavy atom. The number of nitro groups is 1. The van der Waals surface area contributed by atoms with E-state index in [1.54, 1.807) is 0 Å². The Morgan fingerprint density at radius 1 is 1.18 bits per heavy atom. The van der Waals surface area contributed by atoms with Gasteiger partial charge in [-0.1, -0.05) is 0 Å². The van der Waals surface area contributed by atoms with Crippen LogP contribution in [0.5, 0.6) is 0 Å². The lowest BCUT2D eigenvalue weighted by Gasteiger charge is -2.21. The smallest absolute Gasteiger partial charge is 0.365 e. The zero-order valence-corrected chi connectivity index (χ0v) is 12.0. The van der Waals surface area contributed by atoms with Crippen molar-refractivity contribution in [3.05, 3.63) is 33.9 Å². The Hall–Kier alpha value is -1.83. The topological polar surface area (TPSA) is 49.6 Å². The number of hydrogen-bond donors (Lipinski definition) is 0. The number of anilines is 1. The van der Waals surface area contributed by atoms with Gasteiger partial charge < -0.3 is 9.80 Å². The lowest BCUT2D eigenvalue weighted by Crippen LogP contribution is -2.27. The number of rotatable bonds is 2. The highest BCUT2D eigenvalue weighted by molar-refractivity contribution is 5.65. The molecule has 2 aliphatic rings. The fraction of sp³-hybridized carbons (Fsp3) is 0.571. The zero-order valence-electron chi connectivity index (χ0n) is 12.0. The predicted octanol–water partition coefficient (Wildman–Crippen LogP) is 2.61. The maximum absolute atomic E-state index is 12.7. The quantitative estimate of drug-likeness (QED) is 0.622. The van der Waals surface area contributed by atoms with Crippen molar-refractivity contribution in [2.75, 3.05) is 38.1 Å². The van der Waals surface area contributed by atoms with E-state index in [-0.39, 0.29) is 5.69 Å². The van der Waals surface area contributed by atoms with Gasteiger partial charge in [-0.05, 0) is 31.0 Å². The molecule has 120 valence electrons. The van der Waals surface area contributed by atoms with Crippen LogP contribution in [0.15, 0.2) is 18.2 Å². The molecule has 2 aliphatic heterocycles. The Balaban J connectivity index is 1.90. The van der Waals surface area contributed by atoms with Crippen molar-refractivity contribution in [2.24, 2.45) is 11.8 Å². The fourth-order valence-electron chi connectivity index (χ4n) is 3.54. The Bertz CT molecular complexity index is 591. The highest BCUT2D eigenvalue weighted by atomic mass is 19.4. The molecule has 0 saturated carbocycles. The van der Waals surface area contributed by atoms with Crippen molar-refractivity contribution >= 4 is 11.4 Å². The Labute approximate surface area is 125 Å². The maximum Gasteiger partial charge on any atom is 0.416 e. The number of likely N-dealkylation sites (tertiary alicyclic amines) is 1. The highest BCUT2D eigenvalue weighted by Gasteiger charge is 2.41. The van der Waals surface area contributed by atoms with Crippen LogP contribution in [-0.4, -0.2) is 43.0 Å². The average Bonchev–Trinajstić information content (AvgIpc) is 2.93. The second-order valence-electron chi connectivity index (χ2n) is 6.10. The first-order chi connectivity index (χ1) is 10.3. The predicted molar refractivity (Wildman–Crippen MR) is 74.8 cm³/mol. The van der Waals surface area contributed by atoms with Gasteiger partial charge in [-0.15, -0.1) is 0 Å². The van der Waals surface area contributed by atoms with Crippen LogP contribution in [0, 0.1) is 22.0 Å². The molecule has 2 fully saturated rings. The van der Waals surface area contributed by atoms with Crippen LogP contribution >= 0.6 is 0 Å². The van der Waals surface area contributed by atoms with Crippen molar-refractivity contribution < 1.29 is 18.1 Å². The van der Waals surface area contributed by atoms with Gasteiger partial charge in [-0.2, -0.15) is 13.2 Å². The number of hydrogen-bond acceptors (Lipinski definition) is 4. The molecule has 2 heterocycles. The van der Waals surface area contributed by atoms with Crippen LogP contribution in [0.3, 0.4) is 0 Å². The lowest BCUT2D eigenvalue weighted by atomic mass is 10.0. The molecule has 0 aromatic heterocycles. The van der Waals surface area contributed by atoms with Crippen molar-refractivity contribution in [2.45, 2.75) is 6.18 Å². The molecular weight excluding hydrogens is 299 g/mol. The van der Waals surface area contributed by atoms with E-state index in [2.05, 4.69) is 4.90 Å². The van der Waals surface area contributed by atoms with Gasteiger partial charge in [0.15, 0.2) is 0 Å². The van der Waals surface area contributed by atoms with E-state index in [0.29, 0.717) is 31.0 Å². The molecule has 0 N–H and O–H groups in total.